The molecule has 0 radical (unpaired) electrons. The number of likely N-dealkylation sites (N-methyl/N-ethyl adjacent to an activating group) is 2. The third kappa shape index (κ3) is 23.3. The van der Waals surface area contributed by atoms with Crippen LogP contribution in [0.1, 0.15) is 139 Å². The number of primary amides is 1. The molecule has 25 heteroatoms. The highest BCUT2D eigenvalue weighted by Crippen LogP contribution is 2.30. The van der Waals surface area contributed by atoms with E-state index in [2.05, 4.69) is 31.9 Å². The highest BCUT2D eigenvalue weighted by Gasteiger charge is 2.44. The Kier molecular flexibility index (Phi) is 31.9. The van der Waals surface area contributed by atoms with E-state index in [1.54, 1.807) is 123 Å². The normalized spacial score (nSPS) is 16.5. The lowest BCUT2D eigenvalue weighted by Crippen LogP contribution is -2.60. The lowest BCUT2D eigenvalue weighted by molar-refractivity contribution is -0.148. The van der Waals surface area contributed by atoms with E-state index in [9.17, 15) is 57.8 Å². The van der Waals surface area contributed by atoms with E-state index < -0.39 is 126 Å². The molecule has 2 aromatic carbocycles. The molecule has 1 aliphatic heterocycles. The number of amides is 10. The average Bonchev–Trinajstić information content (AvgIpc) is 2.69. The number of hydrogen-bond donors (Lipinski definition) is 8. The molecule has 0 aliphatic carbocycles. The number of likely N-dealkylation sites (tertiary alicyclic amines) is 1. The van der Waals surface area contributed by atoms with Gasteiger partial charge < -0.3 is 66.8 Å². The molecule has 11 atom stereocenters. The smallest absolute Gasteiger partial charge is 0.410 e. The fourth-order valence-corrected chi connectivity index (χ4v) is 11.2. The number of nitrogens with one attached hydrogen (secondary N) is 6. The van der Waals surface area contributed by atoms with Gasteiger partial charge >= 0.3 is 18.1 Å². The second-order valence-corrected chi connectivity index (χ2v) is 24.9. The minimum Gasteiger partial charge on any atom is -0.480 e. The summed E-state index contributed by atoms with van der Waals surface area (Å²) in [6.07, 6.45) is -0.460. The predicted octanol–water partition coefficient (Wildman–Crippen LogP) is 5.17. The third-order valence-corrected chi connectivity index (χ3v) is 16.7. The van der Waals surface area contributed by atoms with Crippen molar-refractivity contribution in [3.8, 4) is 0 Å². The number of benzene rings is 2. The first-order chi connectivity index (χ1) is 42.4. The zero-order chi connectivity index (χ0) is 67.7. The van der Waals surface area contributed by atoms with Crippen LogP contribution in [0.4, 0.5) is 15.3 Å². The van der Waals surface area contributed by atoms with Gasteiger partial charge in [-0.3, -0.25) is 43.3 Å². The van der Waals surface area contributed by atoms with Crippen LogP contribution < -0.4 is 37.6 Å². The number of carboxylic acids is 1. The first kappa shape index (κ1) is 76.6. The number of aliphatic carboxylic acids is 1. The molecular weight excluding hydrogens is 1160 g/mol. The minimum atomic E-state index is -1.19. The third-order valence-electron chi connectivity index (χ3n) is 16.7. The van der Waals surface area contributed by atoms with Crippen LogP contribution in [0.15, 0.2) is 54.6 Å². The first-order valence-electron chi connectivity index (χ1n) is 31.3. The molecule has 0 spiro atoms. The Morgan fingerprint density at radius 1 is 0.700 bits per heavy atom. The van der Waals surface area contributed by atoms with Gasteiger partial charge in [-0.05, 0) is 72.6 Å². The van der Waals surface area contributed by atoms with Gasteiger partial charge in [0, 0.05) is 72.3 Å². The van der Waals surface area contributed by atoms with Gasteiger partial charge in [0.15, 0.2) is 0 Å². The Hall–Kier alpha value is -7.67. The Morgan fingerprint density at radius 2 is 1.32 bits per heavy atom. The van der Waals surface area contributed by atoms with Gasteiger partial charge in [-0.25, -0.2) is 14.4 Å². The number of urea groups is 1. The fraction of sp³-hybridized carbons (Fsp3) is 0.646. The Morgan fingerprint density at radius 3 is 1.87 bits per heavy atom. The SMILES string of the molecule is CC[C@H](C)[C@H]([C@@H](CC(=O)N1CCCC1[C@H](OC)[C@@H](C)C(=O)N[C@@H](Cc1ccccc1)C(=O)O)OC)N(C)C(=O)[C@@H](NC(=O)[C@H](C(C)C)N(C)C(=O)OCc1ccc(NC(=O)[C@H](CCCNC(N)=O)NC(=O)[C@@H](NC(=O)CCC(=O)C(C)C)C(C)C)cc1)C(C)C. The molecule has 1 aliphatic rings. The molecule has 2 aromatic rings. The summed E-state index contributed by atoms with van der Waals surface area (Å²) >= 11 is 0. The molecule has 1 heterocycles. The summed E-state index contributed by atoms with van der Waals surface area (Å²) in [5.41, 5.74) is 6.82. The lowest BCUT2D eigenvalue weighted by atomic mass is 9.89. The number of carbonyl (C=O) groups excluding carboxylic acids is 10. The lowest BCUT2D eigenvalue weighted by Gasteiger charge is -2.41. The summed E-state index contributed by atoms with van der Waals surface area (Å²) in [6.45, 7) is 19.8. The standard InChI is InChI=1S/C65H102N10O15/c1-16-41(10)56(50(88-14)35-52(78)75-33-21-25-48(75)57(89-15)42(11)58(79)70-47(63(84)85)34-43-22-18-17-19-23-43)73(12)62(83)54(39(6)7)72-61(82)55(40(8)9)74(13)65(87)90-36-44-26-28-45(29-27-44)68-59(80)46(24-20-32-67-64(66)86)69-60(81)53(38(4)5)71-51(77)31-30-49(76)37(2)3/h17-19,22-23,26-29,37-42,46-48,50,53-57H,16,20-21,24-25,30-36H2,1-15H3,(H,68,80)(H,69,81)(H,70,79)(H,71,77)(H,72,82)(H,84,85)(H3,66,67,86)/t41-,42+,46-,47-,48?,50+,53-,54-,55-,56+,57+/m0/s1. The van der Waals surface area contributed by atoms with Crippen molar-refractivity contribution in [2.24, 2.45) is 41.2 Å². The molecule has 1 fully saturated rings. The maximum atomic E-state index is 14.8. The van der Waals surface area contributed by atoms with Gasteiger partial charge in [0.2, 0.25) is 41.4 Å². The quantitative estimate of drug-likeness (QED) is 0.0405. The van der Waals surface area contributed by atoms with Crippen molar-refractivity contribution in [1.29, 1.82) is 0 Å². The zero-order valence-corrected chi connectivity index (χ0v) is 55.4. The summed E-state index contributed by atoms with van der Waals surface area (Å²) in [6, 6.07) is 7.90. The Bertz CT molecular complexity index is 2710. The van der Waals surface area contributed by atoms with E-state index in [0.29, 0.717) is 37.1 Å². The molecule has 3 rings (SSSR count). The van der Waals surface area contributed by atoms with Gasteiger partial charge in [0.05, 0.1) is 36.6 Å². The molecule has 9 N–H and O–H groups in total. The largest absolute Gasteiger partial charge is 0.480 e. The average molecular weight is 1260 g/mol. The predicted molar refractivity (Wildman–Crippen MR) is 339 cm³/mol. The Labute approximate surface area is 531 Å². The van der Waals surface area contributed by atoms with E-state index in [1.165, 1.54) is 26.2 Å². The number of Topliss-reactive ketones (excluding diaryl/α,β-unsaturated/α-hetero) is 1. The molecule has 0 bridgehead atoms. The van der Waals surface area contributed by atoms with Crippen molar-refractivity contribution < 1.29 is 72.1 Å². The Balaban J connectivity index is 1.72. The zero-order valence-electron chi connectivity index (χ0n) is 55.4. The number of carboxylic acid groups (broad SMARTS) is 1. The van der Waals surface area contributed by atoms with Crippen molar-refractivity contribution in [1.82, 2.24) is 41.3 Å². The molecule has 25 nitrogen and oxygen atoms in total. The highest BCUT2D eigenvalue weighted by atomic mass is 16.6. The van der Waals surface area contributed by atoms with Crippen molar-refractivity contribution in [3.63, 3.8) is 0 Å². The molecule has 0 aromatic heterocycles. The van der Waals surface area contributed by atoms with Crippen LogP contribution in [-0.2, 0) is 70.4 Å². The monoisotopic (exact) mass is 1260 g/mol. The first-order valence-corrected chi connectivity index (χ1v) is 31.3. The highest BCUT2D eigenvalue weighted by molar-refractivity contribution is 5.99. The number of anilines is 1. The van der Waals surface area contributed by atoms with E-state index in [-0.39, 0.29) is 81.1 Å². The van der Waals surface area contributed by atoms with Crippen LogP contribution in [0.3, 0.4) is 0 Å². The van der Waals surface area contributed by atoms with Gasteiger partial charge in [0.25, 0.3) is 0 Å². The van der Waals surface area contributed by atoms with Crippen LogP contribution in [-0.4, -0.2) is 181 Å². The van der Waals surface area contributed by atoms with Gasteiger partial charge in [0.1, 0.15) is 42.6 Å². The van der Waals surface area contributed by atoms with Crippen LogP contribution in [0.5, 0.6) is 0 Å². The van der Waals surface area contributed by atoms with Crippen molar-refractivity contribution in [2.45, 2.75) is 195 Å². The second-order valence-electron chi connectivity index (χ2n) is 24.9. The minimum absolute atomic E-state index is 0.0178. The summed E-state index contributed by atoms with van der Waals surface area (Å²) in [5, 5.41) is 26.2. The van der Waals surface area contributed by atoms with E-state index in [1.807, 2.05) is 19.9 Å². The molecule has 0 saturated carbocycles. The van der Waals surface area contributed by atoms with E-state index in [0.717, 1.165) is 10.5 Å². The summed E-state index contributed by atoms with van der Waals surface area (Å²) in [4.78, 5) is 151. The summed E-state index contributed by atoms with van der Waals surface area (Å²) in [5.74, 6) is -7.38. The fourth-order valence-electron chi connectivity index (χ4n) is 11.2. The van der Waals surface area contributed by atoms with Gasteiger partial charge in [-0.1, -0.05) is 125 Å². The van der Waals surface area contributed by atoms with E-state index in [4.69, 9.17) is 19.9 Å². The van der Waals surface area contributed by atoms with Crippen LogP contribution in [0.25, 0.3) is 0 Å². The molecule has 1 unspecified atom stereocenters. The molecule has 90 heavy (non-hydrogen) atoms. The number of methoxy groups -OCH3 is 2. The van der Waals surface area contributed by atoms with Gasteiger partial charge in [-0.2, -0.15) is 0 Å². The maximum absolute atomic E-state index is 14.8. The van der Waals surface area contributed by atoms with Crippen molar-refractivity contribution in [3.05, 3.63) is 65.7 Å². The summed E-state index contributed by atoms with van der Waals surface area (Å²) < 4.78 is 17.7. The van der Waals surface area contributed by atoms with Gasteiger partial charge in [-0.15, -0.1) is 0 Å². The van der Waals surface area contributed by atoms with Crippen molar-refractivity contribution >= 4 is 70.9 Å². The molecule has 10 amide bonds. The number of hydrogen-bond acceptors (Lipinski definition) is 14. The number of nitrogens with two attached hydrogens (primary N) is 1. The van der Waals surface area contributed by atoms with Crippen LogP contribution >= 0.6 is 0 Å². The number of nitrogens with zero attached hydrogens (tertiary/aromatic N) is 3. The van der Waals surface area contributed by atoms with Crippen LogP contribution in [0, 0.1) is 35.5 Å². The van der Waals surface area contributed by atoms with E-state index >= 15 is 0 Å². The number of ether oxygens (including phenoxy) is 3. The molecular formula is C65H102N10O15. The summed E-state index contributed by atoms with van der Waals surface area (Å²) in [7, 11) is 5.97. The maximum Gasteiger partial charge on any atom is 0.410 e. The number of rotatable bonds is 37. The van der Waals surface area contributed by atoms with Crippen molar-refractivity contribution in [2.75, 3.05) is 46.7 Å². The number of ketones is 1. The number of carbonyl (C=O) groups is 11. The topological polar surface area (TPSA) is 344 Å². The molecule has 502 valence electrons. The second kappa shape index (κ2) is 37.5. The van der Waals surface area contributed by atoms with Crippen LogP contribution in [0.2, 0.25) is 0 Å². The molecule has 1 saturated heterocycles.